The van der Waals surface area contributed by atoms with Crippen LogP contribution in [0.2, 0.25) is 0 Å². The van der Waals surface area contributed by atoms with Gasteiger partial charge in [-0.25, -0.2) is 8.78 Å². The molecule has 0 aliphatic heterocycles. The Kier molecular flexibility index (Phi) is 3.17. The van der Waals surface area contributed by atoms with Gasteiger partial charge in [0.05, 0.1) is 5.52 Å². The molecule has 5 heteroatoms. The number of nitrogens with zero attached hydrogens (tertiary/aromatic N) is 1. The Morgan fingerprint density at radius 1 is 1.00 bits per heavy atom. The molecule has 1 heterocycles. The number of nitrogen functional groups attached to an aromatic ring is 1. The van der Waals surface area contributed by atoms with Crippen LogP contribution in [-0.2, 0) is 0 Å². The number of anilines is 3. The van der Waals surface area contributed by atoms with E-state index in [1.165, 1.54) is 6.07 Å². The Hall–Kier alpha value is -2.69. The highest BCUT2D eigenvalue weighted by Gasteiger charge is 2.07. The number of hydrogen-bond donors (Lipinski definition) is 2. The third-order valence-electron chi connectivity index (χ3n) is 3.16. The van der Waals surface area contributed by atoms with E-state index in [1.807, 2.05) is 19.1 Å². The van der Waals surface area contributed by atoms with Crippen molar-refractivity contribution in [3.05, 3.63) is 59.8 Å². The molecule has 3 rings (SSSR count). The van der Waals surface area contributed by atoms with E-state index >= 15 is 0 Å². The molecule has 0 spiro atoms. The summed E-state index contributed by atoms with van der Waals surface area (Å²) in [7, 11) is 0. The van der Waals surface area contributed by atoms with E-state index in [1.54, 1.807) is 12.1 Å². The fraction of sp³-hybridized carbons (Fsp3) is 0.0625. The molecule has 0 fully saturated rings. The van der Waals surface area contributed by atoms with Gasteiger partial charge in [-0.2, -0.15) is 0 Å². The number of nitrogens with one attached hydrogen (secondary N) is 1. The molecule has 3 aromatic rings. The van der Waals surface area contributed by atoms with Gasteiger partial charge in [0.25, 0.3) is 0 Å². The van der Waals surface area contributed by atoms with Crippen molar-refractivity contribution >= 4 is 28.0 Å². The first-order valence-electron chi connectivity index (χ1n) is 6.42. The SMILES string of the molecule is Cc1cc(Nc2ccc(F)c(F)c2)c2cc(N)ccc2n1. The first-order valence-corrected chi connectivity index (χ1v) is 6.42. The largest absolute Gasteiger partial charge is 0.399 e. The third kappa shape index (κ3) is 2.63. The molecule has 2 aromatic carbocycles. The van der Waals surface area contributed by atoms with Gasteiger partial charge in [-0.3, -0.25) is 4.98 Å². The average molecular weight is 285 g/mol. The summed E-state index contributed by atoms with van der Waals surface area (Å²) in [6.45, 7) is 1.87. The first kappa shape index (κ1) is 13.3. The lowest BCUT2D eigenvalue weighted by molar-refractivity contribution is 0.509. The number of nitrogens with two attached hydrogens (primary N) is 1. The first-order chi connectivity index (χ1) is 10.0. The average Bonchev–Trinajstić information content (AvgIpc) is 2.43. The lowest BCUT2D eigenvalue weighted by Gasteiger charge is -2.11. The molecule has 21 heavy (non-hydrogen) atoms. The molecule has 0 atom stereocenters. The van der Waals surface area contributed by atoms with Crippen LogP contribution in [0.25, 0.3) is 10.9 Å². The summed E-state index contributed by atoms with van der Waals surface area (Å²) in [6, 6.07) is 10.9. The Balaban J connectivity index is 2.10. The highest BCUT2D eigenvalue weighted by atomic mass is 19.2. The summed E-state index contributed by atoms with van der Waals surface area (Å²) >= 11 is 0. The molecular weight excluding hydrogens is 272 g/mol. The molecule has 0 aliphatic carbocycles. The maximum Gasteiger partial charge on any atom is 0.160 e. The van der Waals surface area contributed by atoms with Gasteiger partial charge in [0, 0.05) is 34.2 Å². The lowest BCUT2D eigenvalue weighted by Crippen LogP contribution is -1.97. The van der Waals surface area contributed by atoms with Gasteiger partial charge < -0.3 is 11.1 Å². The lowest BCUT2D eigenvalue weighted by atomic mass is 10.1. The Morgan fingerprint density at radius 3 is 2.57 bits per heavy atom. The van der Waals surface area contributed by atoms with Crippen molar-refractivity contribution in [1.82, 2.24) is 4.98 Å². The Labute approximate surface area is 120 Å². The Bertz CT molecular complexity index is 831. The van der Waals surface area contributed by atoms with Gasteiger partial charge in [0.15, 0.2) is 11.6 Å². The van der Waals surface area contributed by atoms with Crippen molar-refractivity contribution in [3.63, 3.8) is 0 Å². The van der Waals surface area contributed by atoms with Crippen molar-refractivity contribution in [2.75, 3.05) is 11.1 Å². The second kappa shape index (κ2) is 5.01. The van der Waals surface area contributed by atoms with Crippen LogP contribution in [-0.4, -0.2) is 4.98 Å². The summed E-state index contributed by atoms with van der Waals surface area (Å²) in [5, 5.41) is 3.91. The molecule has 0 saturated heterocycles. The van der Waals surface area contributed by atoms with E-state index in [-0.39, 0.29) is 0 Å². The van der Waals surface area contributed by atoms with Crippen LogP contribution in [0.15, 0.2) is 42.5 Å². The van der Waals surface area contributed by atoms with Gasteiger partial charge in [0.2, 0.25) is 0 Å². The molecule has 3 nitrogen and oxygen atoms in total. The number of aryl methyl sites for hydroxylation is 1. The number of pyridine rings is 1. The topological polar surface area (TPSA) is 50.9 Å². The molecule has 0 bridgehead atoms. The smallest absolute Gasteiger partial charge is 0.160 e. The predicted octanol–water partition coefficient (Wildman–Crippen LogP) is 4.15. The summed E-state index contributed by atoms with van der Waals surface area (Å²) < 4.78 is 26.3. The van der Waals surface area contributed by atoms with Gasteiger partial charge >= 0.3 is 0 Å². The zero-order valence-electron chi connectivity index (χ0n) is 11.3. The van der Waals surface area contributed by atoms with Crippen LogP contribution in [0.4, 0.5) is 25.8 Å². The van der Waals surface area contributed by atoms with Gasteiger partial charge in [-0.1, -0.05) is 0 Å². The van der Waals surface area contributed by atoms with E-state index in [0.717, 1.165) is 34.4 Å². The number of benzene rings is 2. The van der Waals surface area contributed by atoms with Crippen molar-refractivity contribution in [2.24, 2.45) is 0 Å². The summed E-state index contributed by atoms with van der Waals surface area (Å²) in [4.78, 5) is 4.42. The van der Waals surface area contributed by atoms with Crippen molar-refractivity contribution in [3.8, 4) is 0 Å². The molecule has 0 unspecified atom stereocenters. The standard InChI is InChI=1S/C16H13F2N3/c1-9-6-16(12-7-10(19)2-5-15(12)20-9)21-11-3-4-13(17)14(18)8-11/h2-8H,19H2,1H3,(H,20,21). The number of hydrogen-bond acceptors (Lipinski definition) is 3. The molecule has 0 amide bonds. The fourth-order valence-electron chi connectivity index (χ4n) is 2.21. The summed E-state index contributed by atoms with van der Waals surface area (Å²) in [5.74, 6) is -1.77. The summed E-state index contributed by atoms with van der Waals surface area (Å²) in [6.07, 6.45) is 0. The molecule has 3 N–H and O–H groups in total. The van der Waals surface area contributed by atoms with Crippen molar-refractivity contribution in [1.29, 1.82) is 0 Å². The fourth-order valence-corrected chi connectivity index (χ4v) is 2.21. The van der Waals surface area contributed by atoms with Gasteiger partial charge in [0.1, 0.15) is 0 Å². The molecule has 0 radical (unpaired) electrons. The highest BCUT2D eigenvalue weighted by Crippen LogP contribution is 2.28. The van der Waals surface area contributed by atoms with Crippen LogP contribution in [0.3, 0.4) is 0 Å². The quantitative estimate of drug-likeness (QED) is 0.695. The summed E-state index contributed by atoms with van der Waals surface area (Å²) in [5.41, 5.74) is 9.23. The minimum Gasteiger partial charge on any atom is -0.399 e. The van der Waals surface area contributed by atoms with E-state index in [9.17, 15) is 8.78 Å². The maximum absolute atomic E-state index is 13.3. The van der Waals surface area contributed by atoms with Crippen LogP contribution in [0.5, 0.6) is 0 Å². The molecule has 0 saturated carbocycles. The van der Waals surface area contributed by atoms with Crippen LogP contribution in [0, 0.1) is 18.6 Å². The highest BCUT2D eigenvalue weighted by molar-refractivity contribution is 5.95. The van der Waals surface area contributed by atoms with Crippen LogP contribution >= 0.6 is 0 Å². The van der Waals surface area contributed by atoms with Gasteiger partial charge in [-0.15, -0.1) is 0 Å². The van der Waals surface area contributed by atoms with E-state index in [4.69, 9.17) is 5.73 Å². The van der Waals surface area contributed by atoms with E-state index in [2.05, 4.69) is 10.3 Å². The zero-order valence-corrected chi connectivity index (χ0v) is 11.3. The van der Waals surface area contributed by atoms with Crippen molar-refractivity contribution in [2.45, 2.75) is 6.92 Å². The predicted molar refractivity (Wildman–Crippen MR) is 80.5 cm³/mol. The molecule has 0 aliphatic rings. The number of fused-ring (bicyclic) bond motifs is 1. The number of rotatable bonds is 2. The second-order valence-electron chi connectivity index (χ2n) is 4.84. The zero-order chi connectivity index (χ0) is 15.0. The normalized spacial score (nSPS) is 10.8. The van der Waals surface area contributed by atoms with E-state index in [0.29, 0.717) is 11.4 Å². The molecule has 1 aromatic heterocycles. The number of aromatic nitrogens is 1. The van der Waals surface area contributed by atoms with Crippen LogP contribution in [0.1, 0.15) is 5.69 Å². The second-order valence-corrected chi connectivity index (χ2v) is 4.84. The molecule has 106 valence electrons. The van der Waals surface area contributed by atoms with E-state index < -0.39 is 11.6 Å². The Morgan fingerprint density at radius 2 is 1.81 bits per heavy atom. The van der Waals surface area contributed by atoms with Crippen molar-refractivity contribution < 1.29 is 8.78 Å². The third-order valence-corrected chi connectivity index (χ3v) is 3.16. The van der Waals surface area contributed by atoms with Gasteiger partial charge in [-0.05, 0) is 43.3 Å². The number of halogens is 2. The molecular formula is C16H13F2N3. The monoisotopic (exact) mass is 285 g/mol. The minimum atomic E-state index is -0.894. The maximum atomic E-state index is 13.3. The van der Waals surface area contributed by atoms with Crippen LogP contribution < -0.4 is 11.1 Å². The minimum absolute atomic E-state index is 0.461.